The van der Waals surface area contributed by atoms with Crippen LogP contribution in [0.1, 0.15) is 137 Å². The summed E-state index contributed by atoms with van der Waals surface area (Å²) in [5.41, 5.74) is 12.3. The van der Waals surface area contributed by atoms with Crippen molar-refractivity contribution in [2.75, 3.05) is 45.9 Å². The standard InChI is InChI=1S/C41H81N5O4/c1-29(2)11-8-12-30(3)34-15-16-35-33-14-13-31-27-32(17-19-40(31,4)36(33)18-20-41(34,35)5)50-39(49)45-37(28-47)38(48)46(26-10-22-43)25-7-6-23-44-24-9-21-42/h29-39,44-45,47-49H,6-28,42-43H2,1-5H3/t30?,31?,32?,33?,34?,35?,36?,37?,38-,39+,40?,41?/m1/s1. The van der Waals surface area contributed by atoms with Crippen LogP contribution in [-0.4, -0.2) is 90.9 Å². The van der Waals surface area contributed by atoms with Crippen LogP contribution in [0.25, 0.3) is 0 Å². The van der Waals surface area contributed by atoms with Crippen LogP contribution in [0.3, 0.4) is 0 Å². The first-order valence-electron chi connectivity index (χ1n) is 21.2. The van der Waals surface area contributed by atoms with Crippen LogP contribution < -0.4 is 22.1 Å². The number of hydrogen-bond acceptors (Lipinski definition) is 9. The lowest BCUT2D eigenvalue weighted by Gasteiger charge is -2.61. The first kappa shape index (κ1) is 42.4. The summed E-state index contributed by atoms with van der Waals surface area (Å²) in [6.45, 7) is 16.7. The summed E-state index contributed by atoms with van der Waals surface area (Å²) in [6, 6.07) is -0.723. The van der Waals surface area contributed by atoms with Crippen LogP contribution in [0.5, 0.6) is 0 Å². The summed E-state index contributed by atoms with van der Waals surface area (Å²) >= 11 is 0. The molecule has 9 heteroatoms. The molecule has 0 aromatic carbocycles. The van der Waals surface area contributed by atoms with Crippen LogP contribution in [0.4, 0.5) is 0 Å². The van der Waals surface area contributed by atoms with Crippen molar-refractivity contribution in [1.29, 1.82) is 0 Å². The molecule has 0 aliphatic heterocycles. The maximum absolute atomic E-state index is 11.3. The highest BCUT2D eigenvalue weighted by molar-refractivity contribution is 5.09. The zero-order chi connectivity index (χ0) is 36.3. The highest BCUT2D eigenvalue weighted by Gasteiger charge is 2.60. The van der Waals surface area contributed by atoms with Crippen molar-refractivity contribution in [2.45, 2.75) is 162 Å². The maximum atomic E-state index is 11.3. The molecule has 50 heavy (non-hydrogen) atoms. The summed E-state index contributed by atoms with van der Waals surface area (Å²) in [5.74, 6) is 5.76. The van der Waals surface area contributed by atoms with Gasteiger partial charge in [-0.1, -0.05) is 53.9 Å². The van der Waals surface area contributed by atoms with Crippen LogP contribution >= 0.6 is 0 Å². The smallest absolute Gasteiger partial charge is 0.214 e. The van der Waals surface area contributed by atoms with Crippen molar-refractivity contribution in [3.63, 3.8) is 0 Å². The first-order valence-corrected chi connectivity index (χ1v) is 21.2. The lowest BCUT2D eigenvalue weighted by atomic mass is 9.44. The monoisotopic (exact) mass is 708 g/mol. The van der Waals surface area contributed by atoms with E-state index in [4.69, 9.17) is 16.2 Å². The van der Waals surface area contributed by atoms with Gasteiger partial charge in [0.1, 0.15) is 6.23 Å². The second-order valence-corrected chi connectivity index (χ2v) is 18.2. The molecule has 0 aromatic rings. The largest absolute Gasteiger partial charge is 0.395 e. The van der Waals surface area contributed by atoms with Gasteiger partial charge in [-0.25, -0.2) is 0 Å². The number of ether oxygens (including phenoxy) is 1. The van der Waals surface area contributed by atoms with Gasteiger partial charge in [0.05, 0.1) is 18.8 Å². The minimum atomic E-state index is -1.23. The Hall–Kier alpha value is -0.360. The Morgan fingerprint density at radius 2 is 1.50 bits per heavy atom. The molecule has 4 aliphatic rings. The molecule has 0 amide bonds. The third-order valence-corrected chi connectivity index (χ3v) is 14.7. The zero-order valence-electron chi connectivity index (χ0n) is 33.0. The van der Waals surface area contributed by atoms with E-state index in [1.807, 2.05) is 4.90 Å². The van der Waals surface area contributed by atoms with E-state index < -0.39 is 18.7 Å². The predicted octanol–water partition coefficient (Wildman–Crippen LogP) is 5.41. The van der Waals surface area contributed by atoms with E-state index in [1.54, 1.807) is 0 Å². The van der Waals surface area contributed by atoms with E-state index >= 15 is 0 Å². The molecule has 0 saturated heterocycles. The minimum absolute atomic E-state index is 0.0138. The van der Waals surface area contributed by atoms with Crippen LogP contribution in [0, 0.1) is 52.3 Å². The van der Waals surface area contributed by atoms with Crippen molar-refractivity contribution in [3.8, 4) is 0 Å². The minimum Gasteiger partial charge on any atom is -0.395 e. The molecule has 0 spiro atoms. The molecular weight excluding hydrogens is 626 g/mol. The van der Waals surface area contributed by atoms with Gasteiger partial charge >= 0.3 is 0 Å². The molecule has 4 fully saturated rings. The molecule has 10 unspecified atom stereocenters. The number of nitrogens with zero attached hydrogens (tertiary/aromatic N) is 1. The molecule has 4 rings (SSSR count). The fraction of sp³-hybridized carbons (Fsp3) is 1.00. The summed E-state index contributed by atoms with van der Waals surface area (Å²) in [4.78, 5) is 1.97. The molecule has 0 heterocycles. The quantitative estimate of drug-likeness (QED) is 0.0547. The van der Waals surface area contributed by atoms with Gasteiger partial charge in [-0.15, -0.1) is 0 Å². The molecule has 4 saturated carbocycles. The molecular formula is C41H81N5O4. The molecule has 9 nitrogen and oxygen atoms in total. The summed E-state index contributed by atoms with van der Waals surface area (Å²) < 4.78 is 6.25. The number of aliphatic hydroxyl groups excluding tert-OH is 3. The number of hydrogen-bond donors (Lipinski definition) is 7. The van der Waals surface area contributed by atoms with Crippen LogP contribution in [0.2, 0.25) is 0 Å². The van der Waals surface area contributed by atoms with Gasteiger partial charge in [0.25, 0.3) is 0 Å². The van der Waals surface area contributed by atoms with Crippen molar-refractivity contribution in [2.24, 2.45) is 63.7 Å². The van der Waals surface area contributed by atoms with Gasteiger partial charge in [-0.2, -0.15) is 0 Å². The van der Waals surface area contributed by atoms with Crippen LogP contribution in [-0.2, 0) is 4.74 Å². The van der Waals surface area contributed by atoms with E-state index in [0.29, 0.717) is 42.9 Å². The Balaban J connectivity index is 1.27. The van der Waals surface area contributed by atoms with Gasteiger partial charge in [-0.3, -0.25) is 10.2 Å². The molecule has 4 aliphatic carbocycles. The topological polar surface area (TPSA) is 149 Å². The van der Waals surface area contributed by atoms with Gasteiger partial charge in [0.15, 0.2) is 0 Å². The lowest BCUT2D eigenvalue weighted by Crippen LogP contribution is -2.57. The summed E-state index contributed by atoms with van der Waals surface area (Å²) in [7, 11) is 0. The van der Waals surface area contributed by atoms with Gasteiger partial charge < -0.3 is 36.8 Å². The normalized spacial score (nSPS) is 35.0. The van der Waals surface area contributed by atoms with E-state index in [-0.39, 0.29) is 12.7 Å². The molecule has 12 atom stereocenters. The lowest BCUT2D eigenvalue weighted by molar-refractivity contribution is -0.201. The SMILES string of the molecule is CC(C)CCCC(C)C1CCC2C3CCC4CC(O[C@H](O)NC(CO)[C@@H](O)N(CCCN)CCCCNCCCN)CCC4(C)C3CCC12C. The van der Waals surface area contributed by atoms with E-state index in [9.17, 15) is 15.3 Å². The van der Waals surface area contributed by atoms with Crippen LogP contribution in [0.15, 0.2) is 0 Å². The third-order valence-electron chi connectivity index (χ3n) is 14.7. The van der Waals surface area contributed by atoms with E-state index in [2.05, 4.69) is 45.3 Å². The Morgan fingerprint density at radius 1 is 0.800 bits per heavy atom. The van der Waals surface area contributed by atoms with Crippen molar-refractivity contribution >= 4 is 0 Å². The van der Waals surface area contributed by atoms with E-state index in [1.165, 1.54) is 57.8 Å². The number of rotatable bonds is 23. The number of nitrogens with two attached hydrogens (primary N) is 2. The molecule has 294 valence electrons. The highest BCUT2D eigenvalue weighted by atomic mass is 16.6. The molecule has 9 N–H and O–H groups in total. The number of aliphatic hydroxyl groups is 3. The van der Waals surface area contributed by atoms with Crippen molar-refractivity contribution in [3.05, 3.63) is 0 Å². The predicted molar refractivity (Wildman–Crippen MR) is 205 cm³/mol. The fourth-order valence-corrected chi connectivity index (χ4v) is 11.8. The maximum Gasteiger partial charge on any atom is 0.214 e. The van der Waals surface area contributed by atoms with Gasteiger partial charge in [0, 0.05) is 13.1 Å². The first-order chi connectivity index (χ1) is 24.0. The zero-order valence-corrected chi connectivity index (χ0v) is 33.0. The second-order valence-electron chi connectivity index (χ2n) is 18.2. The molecule has 0 radical (unpaired) electrons. The average Bonchev–Trinajstić information content (AvgIpc) is 3.45. The summed E-state index contributed by atoms with van der Waals surface area (Å²) in [5, 5.41) is 39.0. The summed E-state index contributed by atoms with van der Waals surface area (Å²) in [6.07, 6.45) is 17.0. The highest BCUT2D eigenvalue weighted by Crippen LogP contribution is 2.68. The Labute approximate surface area is 306 Å². The average molecular weight is 708 g/mol. The molecule has 0 aromatic heterocycles. The van der Waals surface area contributed by atoms with Crippen molar-refractivity contribution < 1.29 is 20.1 Å². The van der Waals surface area contributed by atoms with Crippen molar-refractivity contribution in [1.82, 2.24) is 15.5 Å². The Morgan fingerprint density at radius 3 is 2.22 bits per heavy atom. The van der Waals surface area contributed by atoms with Gasteiger partial charge in [0.2, 0.25) is 6.41 Å². The Kier molecular flexibility index (Phi) is 17.3. The number of fused-ring (bicyclic) bond motifs is 5. The van der Waals surface area contributed by atoms with E-state index in [0.717, 1.165) is 93.5 Å². The Bertz CT molecular complexity index is 960. The fourth-order valence-electron chi connectivity index (χ4n) is 11.8. The third kappa shape index (κ3) is 10.7. The molecule has 0 bridgehead atoms. The van der Waals surface area contributed by atoms with Gasteiger partial charge in [-0.05, 0) is 162 Å². The second kappa shape index (κ2) is 20.4. The number of unbranched alkanes of at least 4 members (excludes halogenated alkanes) is 1. The number of nitrogens with one attached hydrogen (secondary N) is 2.